The summed E-state index contributed by atoms with van der Waals surface area (Å²) in [5.41, 5.74) is 0.177. The van der Waals surface area contributed by atoms with E-state index in [9.17, 15) is 18.0 Å². The van der Waals surface area contributed by atoms with Crippen molar-refractivity contribution in [1.29, 1.82) is 0 Å². The molecule has 0 saturated heterocycles. The molecule has 2 atom stereocenters. The van der Waals surface area contributed by atoms with Crippen LogP contribution in [-0.2, 0) is 19.6 Å². The third-order valence-corrected chi connectivity index (χ3v) is 5.07. The smallest absolute Gasteiger partial charge is 0.326 e. The molecule has 0 aromatic carbocycles. The first-order valence-electron chi connectivity index (χ1n) is 7.44. The lowest BCUT2D eigenvalue weighted by atomic mass is 10.0. The lowest BCUT2D eigenvalue weighted by molar-refractivity contribution is -0.142. The predicted molar refractivity (Wildman–Crippen MR) is 84.8 cm³/mol. The van der Waals surface area contributed by atoms with Crippen LogP contribution < -0.4 is 10.0 Å². The number of hydrogen-bond acceptors (Lipinski definition) is 6. The zero-order valence-corrected chi connectivity index (χ0v) is 15.1. The monoisotopic (exact) mass is 361 g/mol. The maximum absolute atomic E-state index is 12.3. The second-order valence-corrected chi connectivity index (χ2v) is 7.68. The largest absolute Gasteiger partial charge is 0.480 e. The van der Waals surface area contributed by atoms with Gasteiger partial charge in [-0.2, -0.15) is 4.72 Å². The van der Waals surface area contributed by atoms with Gasteiger partial charge in [-0.25, -0.2) is 13.2 Å². The zero-order chi connectivity index (χ0) is 18.7. The van der Waals surface area contributed by atoms with Crippen LogP contribution in [0.3, 0.4) is 0 Å². The number of carboxylic acids is 1. The number of rotatable bonds is 8. The number of nitrogens with zero attached hydrogens (tertiary/aromatic N) is 1. The molecule has 0 saturated carbocycles. The van der Waals surface area contributed by atoms with Gasteiger partial charge in [0, 0.05) is 0 Å². The van der Waals surface area contributed by atoms with Gasteiger partial charge < -0.3 is 14.9 Å². The quantitative estimate of drug-likeness (QED) is 0.615. The van der Waals surface area contributed by atoms with Crippen molar-refractivity contribution in [2.45, 2.75) is 58.0 Å². The fraction of sp³-hybridized carbons (Fsp3) is 0.643. The Morgan fingerprint density at radius 2 is 1.83 bits per heavy atom. The normalized spacial score (nSPS) is 14.4. The lowest BCUT2D eigenvalue weighted by Crippen LogP contribution is -2.50. The number of aromatic nitrogens is 1. The Balaban J connectivity index is 2.85. The van der Waals surface area contributed by atoms with E-state index in [-0.39, 0.29) is 28.7 Å². The Kier molecular flexibility index (Phi) is 6.50. The molecule has 0 aliphatic carbocycles. The fourth-order valence-corrected chi connectivity index (χ4v) is 3.73. The summed E-state index contributed by atoms with van der Waals surface area (Å²) < 4.78 is 31.7. The first-order chi connectivity index (χ1) is 11.0. The number of carboxylic acid groups (broad SMARTS) is 1. The third-order valence-electron chi connectivity index (χ3n) is 3.28. The van der Waals surface area contributed by atoms with Crippen LogP contribution in [0.25, 0.3) is 0 Å². The van der Waals surface area contributed by atoms with Crippen molar-refractivity contribution in [2.24, 2.45) is 5.92 Å². The molecule has 2 unspecified atom stereocenters. The van der Waals surface area contributed by atoms with Crippen LogP contribution in [0.15, 0.2) is 9.42 Å². The minimum Gasteiger partial charge on any atom is -0.480 e. The van der Waals surface area contributed by atoms with Crippen LogP contribution in [0.2, 0.25) is 0 Å². The number of nitrogens with one attached hydrogen (secondary N) is 2. The molecule has 1 amide bonds. The highest BCUT2D eigenvalue weighted by atomic mass is 32.2. The Hall–Kier alpha value is -1.94. The molecule has 0 fully saturated rings. The number of sulfonamides is 1. The number of hydrogen-bond donors (Lipinski definition) is 3. The van der Waals surface area contributed by atoms with Gasteiger partial charge in [0.2, 0.25) is 15.9 Å². The maximum Gasteiger partial charge on any atom is 0.326 e. The molecule has 0 radical (unpaired) electrons. The van der Waals surface area contributed by atoms with Crippen molar-refractivity contribution >= 4 is 21.9 Å². The van der Waals surface area contributed by atoms with Gasteiger partial charge in [-0.05, 0) is 33.1 Å². The van der Waals surface area contributed by atoms with E-state index >= 15 is 0 Å². The highest BCUT2D eigenvalue weighted by molar-refractivity contribution is 7.89. The number of aryl methyl sites for hydroxylation is 2. The van der Waals surface area contributed by atoms with E-state index in [0.29, 0.717) is 0 Å². The summed E-state index contributed by atoms with van der Waals surface area (Å²) in [6, 6.07) is -2.23. The minimum absolute atomic E-state index is 0.0562. The summed E-state index contributed by atoms with van der Waals surface area (Å²) in [6.45, 7) is 7.90. The molecular weight excluding hydrogens is 338 g/mol. The van der Waals surface area contributed by atoms with Crippen LogP contribution in [0, 0.1) is 19.8 Å². The molecule has 1 rings (SSSR count). The molecule has 9 nitrogen and oxygen atoms in total. The van der Waals surface area contributed by atoms with E-state index in [1.807, 2.05) is 13.8 Å². The van der Waals surface area contributed by atoms with Crippen LogP contribution >= 0.6 is 0 Å². The highest BCUT2D eigenvalue weighted by Crippen LogP contribution is 2.18. The van der Waals surface area contributed by atoms with Crippen LogP contribution in [0.4, 0.5) is 0 Å². The third kappa shape index (κ3) is 5.03. The zero-order valence-electron chi connectivity index (χ0n) is 14.3. The molecule has 0 bridgehead atoms. The van der Waals surface area contributed by atoms with Crippen LogP contribution in [0.1, 0.15) is 38.6 Å². The predicted octanol–water partition coefficient (Wildman–Crippen LogP) is 0.574. The second kappa shape index (κ2) is 7.75. The SMILES string of the molecule is Cc1noc(C)c1S(=O)(=O)NC(C)C(=O)NC(CC(C)C)C(=O)O. The number of carbonyl (C=O) groups excluding carboxylic acids is 1. The molecule has 0 aliphatic heterocycles. The van der Waals surface area contributed by atoms with E-state index < -0.39 is 34.0 Å². The summed E-state index contributed by atoms with van der Waals surface area (Å²) in [5, 5.41) is 15.0. The summed E-state index contributed by atoms with van der Waals surface area (Å²) in [6.07, 6.45) is 0.240. The van der Waals surface area contributed by atoms with E-state index in [4.69, 9.17) is 9.63 Å². The van der Waals surface area contributed by atoms with Crippen molar-refractivity contribution in [2.75, 3.05) is 0 Å². The van der Waals surface area contributed by atoms with Gasteiger partial charge in [0.25, 0.3) is 0 Å². The minimum atomic E-state index is -4.02. The van der Waals surface area contributed by atoms with Crippen LogP contribution in [-0.4, -0.2) is 42.6 Å². The van der Waals surface area contributed by atoms with E-state index in [0.717, 1.165) is 0 Å². The van der Waals surface area contributed by atoms with Crippen molar-refractivity contribution in [3.8, 4) is 0 Å². The molecule has 136 valence electrons. The van der Waals surface area contributed by atoms with Crippen molar-refractivity contribution < 1.29 is 27.6 Å². The Labute approximate surface area is 140 Å². The van der Waals surface area contributed by atoms with Crippen molar-refractivity contribution in [1.82, 2.24) is 15.2 Å². The number of aliphatic carboxylic acids is 1. The first-order valence-corrected chi connectivity index (χ1v) is 8.92. The maximum atomic E-state index is 12.3. The Morgan fingerprint density at radius 3 is 2.25 bits per heavy atom. The Morgan fingerprint density at radius 1 is 1.25 bits per heavy atom. The number of amides is 1. The summed E-state index contributed by atoms with van der Waals surface area (Å²) >= 11 is 0. The molecule has 24 heavy (non-hydrogen) atoms. The first kappa shape index (κ1) is 20.1. The Bertz CT molecular complexity index is 691. The molecular formula is C14H23N3O6S. The summed E-state index contributed by atoms with van der Waals surface area (Å²) in [4.78, 5) is 23.2. The van der Waals surface area contributed by atoms with Crippen molar-refractivity contribution in [3.63, 3.8) is 0 Å². The van der Waals surface area contributed by atoms with Crippen LogP contribution in [0.5, 0.6) is 0 Å². The standard InChI is InChI=1S/C14H23N3O6S/c1-7(2)6-11(14(19)20)15-13(18)9(4)17-24(21,22)12-8(3)16-23-10(12)5/h7,9,11,17H,6H2,1-5H3,(H,15,18)(H,19,20). The van der Waals surface area contributed by atoms with Crippen molar-refractivity contribution in [3.05, 3.63) is 11.5 Å². The van der Waals surface area contributed by atoms with Gasteiger partial charge in [0.1, 0.15) is 16.6 Å². The van der Waals surface area contributed by atoms with Gasteiger partial charge in [-0.1, -0.05) is 19.0 Å². The molecule has 10 heteroatoms. The molecule has 1 aromatic rings. The van der Waals surface area contributed by atoms with Gasteiger partial charge >= 0.3 is 5.97 Å². The van der Waals surface area contributed by atoms with Gasteiger partial charge in [-0.15, -0.1) is 0 Å². The summed E-state index contributed by atoms with van der Waals surface area (Å²) in [5.74, 6) is -1.73. The second-order valence-electron chi connectivity index (χ2n) is 6.03. The van der Waals surface area contributed by atoms with E-state index in [1.54, 1.807) is 0 Å². The topological polar surface area (TPSA) is 139 Å². The average Bonchev–Trinajstić information content (AvgIpc) is 2.76. The highest BCUT2D eigenvalue weighted by Gasteiger charge is 2.30. The molecule has 1 aromatic heterocycles. The van der Waals surface area contributed by atoms with Gasteiger partial charge in [0.15, 0.2) is 5.76 Å². The molecule has 3 N–H and O–H groups in total. The number of carbonyl (C=O) groups is 2. The summed E-state index contributed by atoms with van der Waals surface area (Å²) in [7, 11) is -4.02. The fourth-order valence-electron chi connectivity index (χ4n) is 2.19. The molecule has 1 heterocycles. The van der Waals surface area contributed by atoms with E-state index in [1.165, 1.54) is 20.8 Å². The lowest BCUT2D eigenvalue weighted by Gasteiger charge is -2.20. The van der Waals surface area contributed by atoms with E-state index in [2.05, 4.69) is 15.2 Å². The average molecular weight is 361 g/mol. The molecule has 0 aliphatic rings. The van der Waals surface area contributed by atoms with Gasteiger partial charge in [-0.3, -0.25) is 4.79 Å². The van der Waals surface area contributed by atoms with Gasteiger partial charge in [0.05, 0.1) is 6.04 Å². The molecule has 0 spiro atoms.